The molecule has 0 spiro atoms. The van der Waals surface area contributed by atoms with Gasteiger partial charge in [-0.15, -0.1) is 0 Å². The van der Waals surface area contributed by atoms with Crippen LogP contribution in [-0.4, -0.2) is 12.0 Å². The van der Waals surface area contributed by atoms with E-state index >= 15 is 0 Å². The lowest BCUT2D eigenvalue weighted by Crippen LogP contribution is -2.17. The molecule has 0 aliphatic rings. The highest BCUT2D eigenvalue weighted by atomic mass is 15.1. The maximum absolute atomic E-state index is 5.75. The van der Waals surface area contributed by atoms with Gasteiger partial charge in [0.2, 0.25) is 0 Å². The monoisotopic (exact) mass is 213 g/mol. The summed E-state index contributed by atoms with van der Waals surface area (Å²) in [7, 11) is 2.03. The highest BCUT2D eigenvalue weighted by Crippen LogP contribution is 2.17. The van der Waals surface area contributed by atoms with Crippen LogP contribution >= 0.6 is 0 Å². The van der Waals surface area contributed by atoms with E-state index in [1.807, 2.05) is 55.7 Å². The van der Waals surface area contributed by atoms with Crippen LogP contribution in [0.3, 0.4) is 0 Å². The summed E-state index contributed by atoms with van der Waals surface area (Å²) in [5, 5.41) is 0. The fourth-order valence-corrected chi connectivity index (χ4v) is 1.59. The van der Waals surface area contributed by atoms with Crippen LogP contribution in [0.5, 0.6) is 0 Å². The Morgan fingerprint density at radius 3 is 2.75 bits per heavy atom. The van der Waals surface area contributed by atoms with Gasteiger partial charge >= 0.3 is 0 Å². The molecule has 0 aliphatic carbocycles. The zero-order chi connectivity index (χ0) is 11.4. The first-order valence-electron chi connectivity index (χ1n) is 5.22. The van der Waals surface area contributed by atoms with Crippen LogP contribution < -0.4 is 10.6 Å². The van der Waals surface area contributed by atoms with Crippen LogP contribution in [0.1, 0.15) is 5.69 Å². The van der Waals surface area contributed by atoms with Crippen molar-refractivity contribution in [2.45, 2.75) is 6.54 Å². The van der Waals surface area contributed by atoms with Crippen LogP contribution in [0, 0.1) is 0 Å². The summed E-state index contributed by atoms with van der Waals surface area (Å²) in [5.74, 6) is 0. The summed E-state index contributed by atoms with van der Waals surface area (Å²) in [4.78, 5) is 6.42. The van der Waals surface area contributed by atoms with Crippen LogP contribution in [-0.2, 0) is 6.54 Å². The first kappa shape index (κ1) is 10.5. The van der Waals surface area contributed by atoms with E-state index in [-0.39, 0.29) is 0 Å². The predicted octanol–water partition coefficient (Wildman–Crippen LogP) is 2.30. The van der Waals surface area contributed by atoms with Gasteiger partial charge in [0.05, 0.1) is 12.2 Å². The number of benzene rings is 1. The van der Waals surface area contributed by atoms with Crippen LogP contribution in [0.2, 0.25) is 0 Å². The second-order valence-corrected chi connectivity index (χ2v) is 3.77. The second kappa shape index (κ2) is 4.66. The van der Waals surface area contributed by atoms with Crippen molar-refractivity contribution in [3.05, 3.63) is 54.4 Å². The molecule has 1 heterocycles. The van der Waals surface area contributed by atoms with Crippen molar-refractivity contribution in [2.75, 3.05) is 17.7 Å². The topological polar surface area (TPSA) is 42.2 Å². The number of nitrogens with two attached hydrogens (primary N) is 1. The van der Waals surface area contributed by atoms with Gasteiger partial charge in [0.1, 0.15) is 0 Å². The Morgan fingerprint density at radius 2 is 2.06 bits per heavy atom. The fourth-order valence-electron chi connectivity index (χ4n) is 1.59. The average molecular weight is 213 g/mol. The quantitative estimate of drug-likeness (QED) is 0.795. The van der Waals surface area contributed by atoms with E-state index in [9.17, 15) is 0 Å². The summed E-state index contributed by atoms with van der Waals surface area (Å²) in [6, 6.07) is 13.8. The Kier molecular flexibility index (Phi) is 3.05. The van der Waals surface area contributed by atoms with Gasteiger partial charge in [-0.25, -0.2) is 0 Å². The molecule has 0 atom stereocenters. The van der Waals surface area contributed by atoms with Gasteiger partial charge < -0.3 is 10.6 Å². The molecule has 0 radical (unpaired) electrons. The average Bonchev–Trinajstić information content (AvgIpc) is 2.30. The van der Waals surface area contributed by atoms with E-state index in [0.29, 0.717) is 0 Å². The van der Waals surface area contributed by atoms with Crippen molar-refractivity contribution in [3.63, 3.8) is 0 Å². The van der Waals surface area contributed by atoms with Gasteiger partial charge in [0.15, 0.2) is 0 Å². The predicted molar refractivity (Wildman–Crippen MR) is 67.2 cm³/mol. The van der Waals surface area contributed by atoms with Crippen molar-refractivity contribution >= 4 is 11.4 Å². The van der Waals surface area contributed by atoms with Gasteiger partial charge in [-0.05, 0) is 30.3 Å². The smallest absolute Gasteiger partial charge is 0.0598 e. The molecular weight excluding hydrogens is 198 g/mol. The van der Waals surface area contributed by atoms with E-state index in [1.165, 1.54) is 0 Å². The van der Waals surface area contributed by atoms with Crippen LogP contribution in [0.25, 0.3) is 0 Å². The molecule has 16 heavy (non-hydrogen) atoms. The molecule has 0 fully saturated rings. The van der Waals surface area contributed by atoms with Gasteiger partial charge in [-0.3, -0.25) is 4.98 Å². The maximum atomic E-state index is 5.75. The lowest BCUT2D eigenvalue weighted by molar-refractivity contribution is 0.885. The minimum atomic E-state index is 0.782. The number of nitrogen functional groups attached to an aromatic ring is 1. The van der Waals surface area contributed by atoms with Crippen molar-refractivity contribution in [3.8, 4) is 0 Å². The number of pyridine rings is 1. The normalized spacial score (nSPS) is 10.1. The largest absolute Gasteiger partial charge is 0.399 e. The minimum absolute atomic E-state index is 0.782. The lowest BCUT2D eigenvalue weighted by atomic mass is 10.2. The minimum Gasteiger partial charge on any atom is -0.399 e. The Bertz CT molecular complexity index is 454. The Balaban J connectivity index is 2.12. The highest BCUT2D eigenvalue weighted by molar-refractivity contribution is 5.55. The third kappa shape index (κ3) is 2.51. The van der Waals surface area contributed by atoms with E-state index in [2.05, 4.69) is 9.88 Å². The fraction of sp³-hybridized carbons (Fsp3) is 0.154. The second-order valence-electron chi connectivity index (χ2n) is 3.77. The zero-order valence-corrected chi connectivity index (χ0v) is 9.30. The molecule has 1 aromatic heterocycles. The lowest BCUT2D eigenvalue weighted by Gasteiger charge is -2.19. The summed E-state index contributed by atoms with van der Waals surface area (Å²) in [5.41, 5.74) is 8.68. The number of nitrogens with zero attached hydrogens (tertiary/aromatic N) is 2. The van der Waals surface area contributed by atoms with Crippen molar-refractivity contribution < 1.29 is 0 Å². The summed E-state index contributed by atoms with van der Waals surface area (Å²) < 4.78 is 0. The Morgan fingerprint density at radius 1 is 1.19 bits per heavy atom. The molecule has 0 saturated carbocycles. The number of anilines is 2. The molecule has 0 amide bonds. The zero-order valence-electron chi connectivity index (χ0n) is 9.30. The van der Waals surface area contributed by atoms with Crippen molar-refractivity contribution in [2.24, 2.45) is 0 Å². The highest BCUT2D eigenvalue weighted by Gasteiger charge is 2.02. The SMILES string of the molecule is CN(Cc1ccccn1)c1cccc(N)c1. The molecule has 0 unspecified atom stereocenters. The van der Waals surface area contributed by atoms with Gasteiger partial charge in [0.25, 0.3) is 0 Å². The molecule has 82 valence electrons. The third-order valence-electron chi connectivity index (χ3n) is 2.44. The standard InChI is InChI=1S/C13H15N3/c1-16(10-12-6-2-3-8-15-12)13-7-4-5-11(14)9-13/h2-9H,10,14H2,1H3. The molecule has 2 rings (SSSR count). The molecule has 2 aromatic rings. The van der Waals surface area contributed by atoms with Crippen LogP contribution in [0.15, 0.2) is 48.7 Å². The van der Waals surface area contributed by atoms with Crippen molar-refractivity contribution in [1.82, 2.24) is 4.98 Å². The molecule has 1 aromatic carbocycles. The molecule has 0 aliphatic heterocycles. The van der Waals surface area contributed by atoms with E-state index in [0.717, 1.165) is 23.6 Å². The van der Waals surface area contributed by atoms with Gasteiger partial charge in [-0.1, -0.05) is 12.1 Å². The molecule has 2 N–H and O–H groups in total. The number of hydrogen-bond donors (Lipinski definition) is 1. The summed E-state index contributed by atoms with van der Waals surface area (Å²) in [6.07, 6.45) is 1.81. The van der Waals surface area contributed by atoms with E-state index < -0.39 is 0 Å². The van der Waals surface area contributed by atoms with E-state index in [4.69, 9.17) is 5.73 Å². The van der Waals surface area contributed by atoms with E-state index in [1.54, 1.807) is 0 Å². The van der Waals surface area contributed by atoms with Gasteiger partial charge in [0, 0.05) is 24.6 Å². The first-order chi connectivity index (χ1) is 7.75. The summed E-state index contributed by atoms with van der Waals surface area (Å²) in [6.45, 7) is 0.782. The maximum Gasteiger partial charge on any atom is 0.0598 e. The molecule has 3 nitrogen and oxygen atoms in total. The molecule has 0 saturated heterocycles. The third-order valence-corrected chi connectivity index (χ3v) is 2.44. The molecular formula is C13H15N3. The first-order valence-corrected chi connectivity index (χ1v) is 5.22. The van der Waals surface area contributed by atoms with Crippen LogP contribution in [0.4, 0.5) is 11.4 Å². The Labute approximate surface area is 95.5 Å². The summed E-state index contributed by atoms with van der Waals surface area (Å²) >= 11 is 0. The molecule has 3 heteroatoms. The van der Waals surface area contributed by atoms with Gasteiger partial charge in [-0.2, -0.15) is 0 Å². The number of hydrogen-bond acceptors (Lipinski definition) is 3. The van der Waals surface area contributed by atoms with Crippen molar-refractivity contribution in [1.29, 1.82) is 0 Å². The Hall–Kier alpha value is -2.03. The number of aromatic nitrogens is 1. The number of rotatable bonds is 3. The molecule has 0 bridgehead atoms.